The van der Waals surface area contributed by atoms with Crippen LogP contribution in [0.15, 0.2) is 23.1 Å². The molecule has 9 nitrogen and oxygen atoms in total. The molecule has 0 bridgehead atoms. The van der Waals surface area contributed by atoms with Crippen LogP contribution in [0.3, 0.4) is 0 Å². The van der Waals surface area contributed by atoms with Gasteiger partial charge in [0.15, 0.2) is 11.5 Å². The van der Waals surface area contributed by atoms with Crippen molar-refractivity contribution >= 4 is 21.8 Å². The summed E-state index contributed by atoms with van der Waals surface area (Å²) in [5, 5.41) is 2.43. The number of nitrogens with two attached hydrogens (primary N) is 1. The van der Waals surface area contributed by atoms with Crippen LogP contribution in [0, 0.1) is 5.92 Å². The summed E-state index contributed by atoms with van der Waals surface area (Å²) in [6.45, 7) is 3.22. The second-order valence-electron chi connectivity index (χ2n) is 5.99. The van der Waals surface area contributed by atoms with Gasteiger partial charge in [-0.2, -0.15) is 0 Å². The molecule has 0 heterocycles. The highest BCUT2D eigenvalue weighted by atomic mass is 32.2. The van der Waals surface area contributed by atoms with Crippen molar-refractivity contribution in [2.24, 2.45) is 11.7 Å². The quantitative estimate of drug-likeness (QED) is 0.517. The number of sulfonamides is 1. The Morgan fingerprint density at radius 3 is 2.27 bits per heavy atom. The first-order valence-corrected chi connectivity index (χ1v) is 9.39. The topological polar surface area (TPSA) is 137 Å². The lowest BCUT2D eigenvalue weighted by Gasteiger charge is -2.17. The highest BCUT2D eigenvalue weighted by molar-refractivity contribution is 7.89. The minimum atomic E-state index is -3.95. The Kier molecular flexibility index (Phi) is 7.84. The monoisotopic (exact) mass is 387 g/mol. The van der Waals surface area contributed by atoms with E-state index in [1.165, 1.54) is 32.4 Å². The maximum absolute atomic E-state index is 12.3. The average Bonchev–Trinajstić information content (AvgIpc) is 2.58. The lowest BCUT2D eigenvalue weighted by atomic mass is 10.0. The van der Waals surface area contributed by atoms with Crippen molar-refractivity contribution in [2.45, 2.75) is 31.2 Å². The van der Waals surface area contributed by atoms with Crippen molar-refractivity contribution in [1.82, 2.24) is 10.0 Å². The second kappa shape index (κ2) is 9.39. The first-order chi connectivity index (χ1) is 12.1. The summed E-state index contributed by atoms with van der Waals surface area (Å²) in [5.74, 6) is -0.572. The number of primary amides is 1. The van der Waals surface area contributed by atoms with Gasteiger partial charge in [0.2, 0.25) is 21.8 Å². The molecule has 1 rings (SSSR count). The van der Waals surface area contributed by atoms with Crippen molar-refractivity contribution in [3.8, 4) is 11.5 Å². The fourth-order valence-electron chi connectivity index (χ4n) is 2.19. The molecule has 1 aromatic carbocycles. The zero-order chi connectivity index (χ0) is 19.9. The Morgan fingerprint density at radius 2 is 1.77 bits per heavy atom. The van der Waals surface area contributed by atoms with Gasteiger partial charge in [-0.1, -0.05) is 13.8 Å². The summed E-state index contributed by atoms with van der Waals surface area (Å²) < 4.78 is 36.9. The van der Waals surface area contributed by atoms with Gasteiger partial charge in [0, 0.05) is 6.07 Å². The maximum atomic E-state index is 12.3. The zero-order valence-electron chi connectivity index (χ0n) is 15.2. The molecule has 0 radical (unpaired) electrons. The first kappa shape index (κ1) is 21.7. The lowest BCUT2D eigenvalue weighted by Crippen LogP contribution is -2.48. The summed E-state index contributed by atoms with van der Waals surface area (Å²) >= 11 is 0. The summed E-state index contributed by atoms with van der Waals surface area (Å²) in [5.41, 5.74) is 5.25. The number of benzene rings is 1. The minimum absolute atomic E-state index is 0.0865. The van der Waals surface area contributed by atoms with E-state index >= 15 is 0 Å². The molecule has 0 aliphatic rings. The standard InChI is InChI=1S/C16H25N3O6S/c1-10(2)7-12(16(17)21)19-15(20)9-18-26(22,23)11-5-6-13(24-3)14(8-11)25-4/h5-6,8,10,12,18H,7,9H2,1-4H3,(H2,17,21)(H,19,20). The largest absolute Gasteiger partial charge is 0.493 e. The molecule has 0 fully saturated rings. The molecule has 26 heavy (non-hydrogen) atoms. The van der Waals surface area contributed by atoms with E-state index in [9.17, 15) is 18.0 Å². The van der Waals surface area contributed by atoms with Crippen molar-refractivity contribution in [3.63, 3.8) is 0 Å². The molecule has 0 saturated carbocycles. The van der Waals surface area contributed by atoms with Crippen LogP contribution >= 0.6 is 0 Å². The number of rotatable bonds is 10. The van der Waals surface area contributed by atoms with Gasteiger partial charge >= 0.3 is 0 Å². The van der Waals surface area contributed by atoms with E-state index in [1.54, 1.807) is 0 Å². The number of hydrogen-bond acceptors (Lipinski definition) is 6. The Bertz CT molecular complexity index is 748. The van der Waals surface area contributed by atoms with Gasteiger partial charge < -0.3 is 20.5 Å². The molecule has 0 spiro atoms. The van der Waals surface area contributed by atoms with Crippen LogP contribution in [-0.4, -0.2) is 47.0 Å². The van der Waals surface area contributed by atoms with Gasteiger partial charge in [0.25, 0.3) is 0 Å². The van der Waals surface area contributed by atoms with Crippen LogP contribution in [0.25, 0.3) is 0 Å². The molecule has 2 amide bonds. The molecule has 1 aromatic rings. The van der Waals surface area contributed by atoms with E-state index in [-0.39, 0.29) is 16.6 Å². The van der Waals surface area contributed by atoms with Gasteiger partial charge in [-0.25, -0.2) is 13.1 Å². The number of carbonyl (C=O) groups excluding carboxylic acids is 2. The summed E-state index contributed by atoms with van der Waals surface area (Å²) in [7, 11) is -1.14. The molecule has 0 aliphatic heterocycles. The third kappa shape index (κ3) is 6.19. The van der Waals surface area contributed by atoms with Crippen LogP contribution < -0.4 is 25.2 Å². The fourth-order valence-corrected chi connectivity index (χ4v) is 3.19. The summed E-state index contributed by atoms with van der Waals surface area (Å²) in [4.78, 5) is 23.2. The van der Waals surface area contributed by atoms with Crippen molar-refractivity contribution in [3.05, 3.63) is 18.2 Å². The van der Waals surface area contributed by atoms with Crippen LogP contribution in [0.1, 0.15) is 20.3 Å². The minimum Gasteiger partial charge on any atom is -0.493 e. The van der Waals surface area contributed by atoms with Gasteiger partial charge in [-0.15, -0.1) is 0 Å². The second-order valence-corrected chi connectivity index (χ2v) is 7.76. The number of hydrogen-bond donors (Lipinski definition) is 3. The Balaban J connectivity index is 2.78. The molecule has 1 unspecified atom stereocenters. The van der Waals surface area contributed by atoms with Crippen molar-refractivity contribution in [2.75, 3.05) is 20.8 Å². The van der Waals surface area contributed by atoms with Gasteiger partial charge in [0.1, 0.15) is 6.04 Å². The smallest absolute Gasteiger partial charge is 0.241 e. The van der Waals surface area contributed by atoms with Crippen molar-refractivity contribution < 1.29 is 27.5 Å². The Hall–Kier alpha value is -2.33. The molecular weight excluding hydrogens is 362 g/mol. The highest BCUT2D eigenvalue weighted by Crippen LogP contribution is 2.29. The summed E-state index contributed by atoms with van der Waals surface area (Å²) in [6.07, 6.45) is 0.365. The van der Waals surface area contributed by atoms with Gasteiger partial charge in [0.05, 0.1) is 25.7 Å². The van der Waals surface area contributed by atoms with Crippen molar-refractivity contribution in [1.29, 1.82) is 0 Å². The van der Waals surface area contributed by atoms with E-state index in [0.717, 1.165) is 0 Å². The summed E-state index contributed by atoms with van der Waals surface area (Å²) in [6, 6.07) is 3.20. The molecule has 0 saturated heterocycles. The zero-order valence-corrected chi connectivity index (χ0v) is 16.1. The number of amides is 2. The third-order valence-corrected chi connectivity index (χ3v) is 4.87. The lowest BCUT2D eigenvalue weighted by molar-refractivity contribution is -0.127. The van der Waals surface area contributed by atoms with E-state index in [2.05, 4.69) is 10.0 Å². The molecule has 1 atom stereocenters. The fraction of sp³-hybridized carbons (Fsp3) is 0.500. The van der Waals surface area contributed by atoms with Crippen LogP contribution in [0.2, 0.25) is 0 Å². The molecule has 4 N–H and O–H groups in total. The van der Waals surface area contributed by atoms with E-state index in [1.807, 2.05) is 13.8 Å². The van der Waals surface area contributed by atoms with Crippen LogP contribution in [0.4, 0.5) is 0 Å². The SMILES string of the molecule is COc1ccc(S(=O)(=O)NCC(=O)NC(CC(C)C)C(N)=O)cc1OC. The normalized spacial score (nSPS) is 12.5. The van der Waals surface area contributed by atoms with Crippen LogP contribution in [-0.2, 0) is 19.6 Å². The van der Waals surface area contributed by atoms with Gasteiger partial charge in [-0.3, -0.25) is 9.59 Å². The predicted molar refractivity (Wildman–Crippen MR) is 95.3 cm³/mol. The third-order valence-electron chi connectivity index (χ3n) is 3.47. The van der Waals surface area contributed by atoms with Crippen LogP contribution in [0.5, 0.6) is 11.5 Å². The van der Waals surface area contributed by atoms with E-state index in [0.29, 0.717) is 12.2 Å². The number of nitrogens with one attached hydrogen (secondary N) is 2. The predicted octanol–water partition coefficient (Wildman–Crippen LogP) is -0.00170. The highest BCUT2D eigenvalue weighted by Gasteiger charge is 2.22. The number of carbonyl (C=O) groups is 2. The van der Waals surface area contributed by atoms with E-state index < -0.39 is 34.4 Å². The maximum Gasteiger partial charge on any atom is 0.241 e. The first-order valence-electron chi connectivity index (χ1n) is 7.91. The number of ether oxygens (including phenoxy) is 2. The van der Waals surface area contributed by atoms with Gasteiger partial charge in [-0.05, 0) is 24.5 Å². The number of methoxy groups -OCH3 is 2. The Morgan fingerprint density at radius 1 is 1.15 bits per heavy atom. The molecule has 0 aromatic heterocycles. The molecule has 10 heteroatoms. The van der Waals surface area contributed by atoms with E-state index in [4.69, 9.17) is 15.2 Å². The molecular formula is C16H25N3O6S. The average molecular weight is 387 g/mol. The molecule has 146 valence electrons. The Labute approximate surface area is 153 Å². The molecule has 0 aliphatic carbocycles.